The Kier molecular flexibility index (Phi) is 11.8. The maximum Gasteiger partial charge on any atom is 0.416 e. The first-order chi connectivity index (χ1) is 26.4. The van der Waals surface area contributed by atoms with E-state index in [4.69, 9.17) is 21.1 Å². The van der Waals surface area contributed by atoms with Crippen molar-refractivity contribution in [2.24, 2.45) is 0 Å². The number of rotatable bonds is 13. The van der Waals surface area contributed by atoms with Crippen LogP contribution in [-0.4, -0.2) is 28.9 Å². The van der Waals surface area contributed by atoms with E-state index in [1.165, 1.54) is 30.3 Å². The number of carboxylic acid groups (broad SMARTS) is 1. The Bertz CT molecular complexity index is 2280. The van der Waals surface area contributed by atoms with E-state index in [1.54, 1.807) is 72.8 Å². The van der Waals surface area contributed by atoms with Gasteiger partial charge in [0.25, 0.3) is 11.8 Å². The SMILES string of the molecule is O=C(Nc1ccc(Cl)cc1C(=O)N[C@@H](Cc1ccc(-c2ccccc2OCc2ccc(C(F)(F)F)cc2)cc1)C(=O)O)c1ccc(Oc2ccccc2)cc1. The number of halogens is 4. The van der Waals surface area contributed by atoms with Crippen molar-refractivity contribution in [1.29, 1.82) is 0 Å². The highest BCUT2D eigenvalue weighted by molar-refractivity contribution is 6.31. The van der Waals surface area contributed by atoms with Gasteiger partial charge in [0, 0.05) is 22.6 Å². The molecule has 12 heteroatoms. The predicted octanol–water partition coefficient (Wildman–Crippen LogP) is 10.1. The molecule has 0 heterocycles. The average Bonchev–Trinajstić information content (AvgIpc) is 3.18. The molecule has 8 nitrogen and oxygen atoms in total. The number of anilines is 1. The van der Waals surface area contributed by atoms with Gasteiger partial charge < -0.3 is 25.2 Å². The van der Waals surface area contributed by atoms with Crippen LogP contribution in [0.25, 0.3) is 11.1 Å². The van der Waals surface area contributed by atoms with Gasteiger partial charge in [-0.05, 0) is 89.5 Å². The minimum Gasteiger partial charge on any atom is -0.488 e. The molecule has 0 saturated carbocycles. The number of hydrogen-bond donors (Lipinski definition) is 3. The lowest BCUT2D eigenvalue weighted by Crippen LogP contribution is -2.42. The van der Waals surface area contributed by atoms with Gasteiger partial charge in [0.2, 0.25) is 0 Å². The lowest BCUT2D eigenvalue weighted by atomic mass is 9.99. The topological polar surface area (TPSA) is 114 Å². The van der Waals surface area contributed by atoms with Gasteiger partial charge in [-0.2, -0.15) is 13.2 Å². The Labute approximate surface area is 319 Å². The number of nitrogens with one attached hydrogen (secondary N) is 2. The molecular formula is C43H32ClF3N2O6. The van der Waals surface area contributed by atoms with Crippen molar-refractivity contribution in [3.8, 4) is 28.4 Å². The van der Waals surface area contributed by atoms with E-state index >= 15 is 0 Å². The summed E-state index contributed by atoms with van der Waals surface area (Å²) in [6.45, 7) is 0.0446. The van der Waals surface area contributed by atoms with Gasteiger partial charge in [-0.1, -0.05) is 84.4 Å². The zero-order valence-corrected chi connectivity index (χ0v) is 29.6. The smallest absolute Gasteiger partial charge is 0.416 e. The molecule has 6 aromatic carbocycles. The summed E-state index contributed by atoms with van der Waals surface area (Å²) in [6, 6.07) is 37.5. The predicted molar refractivity (Wildman–Crippen MR) is 203 cm³/mol. The number of ether oxygens (including phenoxy) is 2. The molecule has 0 aromatic heterocycles. The minimum atomic E-state index is -4.43. The number of alkyl halides is 3. The molecular weight excluding hydrogens is 733 g/mol. The molecule has 0 aliphatic carbocycles. The fourth-order valence-electron chi connectivity index (χ4n) is 5.58. The summed E-state index contributed by atoms with van der Waals surface area (Å²) in [7, 11) is 0. The number of para-hydroxylation sites is 2. The fourth-order valence-corrected chi connectivity index (χ4v) is 5.75. The Morgan fingerprint density at radius 3 is 2.02 bits per heavy atom. The molecule has 1 atom stereocenters. The number of carbonyl (C=O) groups is 3. The van der Waals surface area contributed by atoms with Crippen molar-refractivity contribution in [2.75, 3.05) is 5.32 Å². The monoisotopic (exact) mass is 764 g/mol. The van der Waals surface area contributed by atoms with E-state index in [9.17, 15) is 32.7 Å². The Balaban J connectivity index is 1.10. The van der Waals surface area contributed by atoms with Crippen molar-refractivity contribution in [1.82, 2.24) is 5.32 Å². The average molecular weight is 765 g/mol. The maximum absolute atomic E-state index is 13.5. The second-order valence-electron chi connectivity index (χ2n) is 12.3. The second kappa shape index (κ2) is 17.0. The van der Waals surface area contributed by atoms with Crippen LogP contribution in [0.1, 0.15) is 37.4 Å². The summed E-state index contributed by atoms with van der Waals surface area (Å²) >= 11 is 6.21. The molecule has 55 heavy (non-hydrogen) atoms. The third-order valence-electron chi connectivity index (χ3n) is 8.44. The first-order valence-corrected chi connectivity index (χ1v) is 17.3. The minimum absolute atomic E-state index is 0.0284. The highest BCUT2D eigenvalue weighted by Crippen LogP contribution is 2.32. The number of hydrogen-bond acceptors (Lipinski definition) is 5. The summed E-state index contributed by atoms with van der Waals surface area (Å²) in [5.41, 5.74) is 2.29. The third-order valence-corrected chi connectivity index (χ3v) is 8.68. The van der Waals surface area contributed by atoms with Crippen LogP contribution in [0.3, 0.4) is 0 Å². The molecule has 6 rings (SSSR count). The zero-order valence-electron chi connectivity index (χ0n) is 28.8. The summed E-state index contributed by atoms with van der Waals surface area (Å²) < 4.78 is 50.6. The van der Waals surface area contributed by atoms with Gasteiger partial charge in [-0.15, -0.1) is 0 Å². The van der Waals surface area contributed by atoms with Crippen LogP contribution in [0, 0.1) is 0 Å². The molecule has 0 bridgehead atoms. The molecule has 0 fully saturated rings. The Morgan fingerprint density at radius 2 is 1.35 bits per heavy atom. The summed E-state index contributed by atoms with van der Waals surface area (Å²) in [6.07, 6.45) is -4.49. The highest BCUT2D eigenvalue weighted by atomic mass is 35.5. The Hall–Kier alpha value is -6.59. The number of carboxylic acids is 1. The van der Waals surface area contributed by atoms with Gasteiger partial charge in [0.05, 0.1) is 16.8 Å². The molecule has 6 aromatic rings. The van der Waals surface area contributed by atoms with Crippen LogP contribution in [0.5, 0.6) is 17.2 Å². The molecule has 0 unspecified atom stereocenters. The largest absolute Gasteiger partial charge is 0.488 e. The van der Waals surface area contributed by atoms with Crippen LogP contribution in [0.15, 0.2) is 146 Å². The first-order valence-electron chi connectivity index (χ1n) is 16.9. The van der Waals surface area contributed by atoms with E-state index < -0.39 is 35.6 Å². The van der Waals surface area contributed by atoms with E-state index in [0.717, 1.165) is 23.3 Å². The summed E-state index contributed by atoms with van der Waals surface area (Å²) in [5, 5.41) is 15.5. The van der Waals surface area contributed by atoms with Gasteiger partial charge in [0.15, 0.2) is 0 Å². The molecule has 2 amide bonds. The molecule has 0 spiro atoms. The third kappa shape index (κ3) is 10.1. The van der Waals surface area contributed by atoms with Crippen molar-refractivity contribution in [3.05, 3.63) is 178 Å². The van der Waals surface area contributed by atoms with Crippen LogP contribution < -0.4 is 20.1 Å². The quantitative estimate of drug-likeness (QED) is 0.108. The summed E-state index contributed by atoms with van der Waals surface area (Å²) in [4.78, 5) is 39.0. The number of carbonyl (C=O) groups excluding carboxylic acids is 2. The van der Waals surface area contributed by atoms with Crippen molar-refractivity contribution in [3.63, 3.8) is 0 Å². The normalized spacial score (nSPS) is 11.6. The molecule has 0 saturated heterocycles. The van der Waals surface area contributed by atoms with E-state index in [-0.39, 0.29) is 29.3 Å². The van der Waals surface area contributed by atoms with E-state index in [1.807, 2.05) is 30.3 Å². The van der Waals surface area contributed by atoms with Crippen LogP contribution in [0.2, 0.25) is 5.02 Å². The van der Waals surface area contributed by atoms with E-state index in [0.29, 0.717) is 33.9 Å². The fraction of sp³-hybridized carbons (Fsp3) is 0.0930. The lowest BCUT2D eigenvalue weighted by Gasteiger charge is -2.17. The van der Waals surface area contributed by atoms with Crippen molar-refractivity contribution >= 4 is 35.1 Å². The van der Waals surface area contributed by atoms with Gasteiger partial charge in [0.1, 0.15) is 29.9 Å². The highest BCUT2D eigenvalue weighted by Gasteiger charge is 2.30. The zero-order chi connectivity index (χ0) is 39.0. The van der Waals surface area contributed by atoms with Crippen LogP contribution in [0.4, 0.5) is 18.9 Å². The summed E-state index contributed by atoms with van der Waals surface area (Å²) in [5.74, 6) is -0.873. The molecule has 3 N–H and O–H groups in total. The first kappa shape index (κ1) is 38.1. The standard InChI is InChI=1S/C43H32ClF3N2O6/c44-32-20-23-37(48-40(50)30-16-21-34(22-17-30)55-33-6-2-1-3-7-33)36(25-32)41(51)49-38(42(52)53)24-27-10-14-29(15-11-27)35-8-4-5-9-39(35)54-26-28-12-18-31(19-13-28)43(45,46)47/h1-23,25,38H,24,26H2,(H,48,50)(H,49,51)(H,52,53)/t38-/m0/s1. The van der Waals surface area contributed by atoms with Crippen molar-refractivity contribution in [2.45, 2.75) is 25.2 Å². The molecule has 0 aliphatic heterocycles. The molecule has 0 radical (unpaired) electrons. The second-order valence-corrected chi connectivity index (χ2v) is 12.8. The van der Waals surface area contributed by atoms with Gasteiger partial charge >= 0.3 is 12.1 Å². The number of benzene rings is 6. The Morgan fingerprint density at radius 1 is 0.709 bits per heavy atom. The number of amides is 2. The number of aliphatic carboxylic acids is 1. The van der Waals surface area contributed by atoms with E-state index in [2.05, 4.69) is 10.6 Å². The van der Waals surface area contributed by atoms with Crippen molar-refractivity contribution < 1.29 is 42.1 Å². The lowest BCUT2D eigenvalue weighted by molar-refractivity contribution is -0.139. The van der Waals surface area contributed by atoms with Crippen LogP contribution in [-0.2, 0) is 24.0 Å². The maximum atomic E-state index is 13.5. The van der Waals surface area contributed by atoms with Crippen LogP contribution >= 0.6 is 11.6 Å². The van der Waals surface area contributed by atoms with Gasteiger partial charge in [-0.3, -0.25) is 9.59 Å². The van der Waals surface area contributed by atoms with Gasteiger partial charge in [-0.25, -0.2) is 4.79 Å². The molecule has 0 aliphatic rings. The molecule has 278 valence electrons.